The Morgan fingerprint density at radius 1 is 1.24 bits per heavy atom. The van der Waals surface area contributed by atoms with Gasteiger partial charge in [0, 0.05) is 18.3 Å². The van der Waals surface area contributed by atoms with Gasteiger partial charge in [0.2, 0.25) is 0 Å². The number of fused-ring (bicyclic) bond motifs is 2. The van der Waals surface area contributed by atoms with Gasteiger partial charge in [0.1, 0.15) is 18.0 Å². The first-order valence-corrected chi connectivity index (χ1v) is 7.20. The molecular weight excluding hydrogens is 262 g/mol. The number of aromatic nitrogens is 2. The van der Waals surface area contributed by atoms with Gasteiger partial charge in [0.25, 0.3) is 0 Å². The van der Waals surface area contributed by atoms with E-state index in [9.17, 15) is 0 Å². The minimum absolute atomic E-state index is 0.245. The molecule has 21 heavy (non-hydrogen) atoms. The van der Waals surface area contributed by atoms with Crippen molar-refractivity contribution in [2.45, 2.75) is 19.5 Å². The molecule has 0 fully saturated rings. The highest BCUT2D eigenvalue weighted by Crippen LogP contribution is 2.31. The number of ether oxygens (including phenoxy) is 1. The van der Waals surface area contributed by atoms with Crippen molar-refractivity contribution >= 4 is 5.65 Å². The first kappa shape index (κ1) is 12.4. The summed E-state index contributed by atoms with van der Waals surface area (Å²) in [6.07, 6.45) is 2.06. The zero-order valence-electron chi connectivity index (χ0n) is 11.9. The molecule has 1 atom stereocenters. The minimum atomic E-state index is 0.245. The van der Waals surface area contributed by atoms with Crippen LogP contribution in [-0.2, 0) is 6.54 Å². The first-order chi connectivity index (χ1) is 10.3. The Balaban J connectivity index is 1.58. The van der Waals surface area contributed by atoms with E-state index in [4.69, 9.17) is 4.74 Å². The highest BCUT2D eigenvalue weighted by atomic mass is 16.5. The Labute approximate surface area is 123 Å². The average Bonchev–Trinajstić information content (AvgIpc) is 3.06. The molecule has 0 amide bonds. The Hall–Kier alpha value is -2.33. The van der Waals surface area contributed by atoms with Gasteiger partial charge in [-0.25, -0.2) is 4.98 Å². The van der Waals surface area contributed by atoms with Crippen molar-refractivity contribution in [3.05, 3.63) is 65.6 Å². The van der Waals surface area contributed by atoms with Gasteiger partial charge in [-0.05, 0) is 25.1 Å². The van der Waals surface area contributed by atoms with Crippen molar-refractivity contribution in [3.63, 3.8) is 0 Å². The van der Waals surface area contributed by atoms with E-state index in [0.29, 0.717) is 6.61 Å². The lowest BCUT2D eigenvalue weighted by molar-refractivity contribution is 0.310. The molecular formula is C17H17N3O. The molecule has 4 rings (SSSR count). The Morgan fingerprint density at radius 3 is 3.05 bits per heavy atom. The van der Waals surface area contributed by atoms with Gasteiger partial charge < -0.3 is 14.5 Å². The summed E-state index contributed by atoms with van der Waals surface area (Å²) in [6.45, 7) is 3.53. The van der Waals surface area contributed by atoms with Crippen LogP contribution < -0.4 is 10.1 Å². The second-order valence-electron chi connectivity index (χ2n) is 5.36. The summed E-state index contributed by atoms with van der Waals surface area (Å²) < 4.78 is 7.86. The normalized spacial score (nSPS) is 16.9. The van der Waals surface area contributed by atoms with Crippen LogP contribution in [0.5, 0.6) is 5.75 Å². The summed E-state index contributed by atoms with van der Waals surface area (Å²) in [5.41, 5.74) is 4.51. The van der Waals surface area contributed by atoms with Gasteiger partial charge in [0.15, 0.2) is 0 Å². The van der Waals surface area contributed by atoms with Crippen LogP contribution in [0.1, 0.15) is 23.0 Å². The number of pyridine rings is 1. The molecule has 0 radical (unpaired) electrons. The molecule has 106 valence electrons. The van der Waals surface area contributed by atoms with Crippen molar-refractivity contribution in [1.82, 2.24) is 14.7 Å². The quantitative estimate of drug-likeness (QED) is 0.801. The molecule has 0 spiro atoms. The van der Waals surface area contributed by atoms with E-state index in [-0.39, 0.29) is 6.04 Å². The summed E-state index contributed by atoms with van der Waals surface area (Å²) in [5, 5.41) is 3.59. The van der Waals surface area contributed by atoms with Crippen LogP contribution in [-0.4, -0.2) is 16.0 Å². The third-order valence-corrected chi connectivity index (χ3v) is 4.04. The van der Waals surface area contributed by atoms with Crippen LogP contribution in [0.4, 0.5) is 0 Å². The Morgan fingerprint density at radius 2 is 2.10 bits per heavy atom. The van der Waals surface area contributed by atoms with Crippen molar-refractivity contribution < 1.29 is 4.74 Å². The molecule has 0 aliphatic carbocycles. The summed E-state index contributed by atoms with van der Waals surface area (Å²) in [6, 6.07) is 14.5. The number of hydrogen-bond acceptors (Lipinski definition) is 3. The van der Waals surface area contributed by atoms with Gasteiger partial charge in [-0.2, -0.15) is 0 Å². The summed E-state index contributed by atoms with van der Waals surface area (Å²) in [7, 11) is 0. The Kier molecular flexibility index (Phi) is 2.89. The van der Waals surface area contributed by atoms with Crippen molar-refractivity contribution in [3.8, 4) is 5.75 Å². The second kappa shape index (κ2) is 4.90. The fourth-order valence-electron chi connectivity index (χ4n) is 2.93. The number of nitrogens with one attached hydrogen (secondary N) is 1. The van der Waals surface area contributed by atoms with Gasteiger partial charge in [0.05, 0.1) is 17.4 Å². The molecule has 0 saturated heterocycles. The molecule has 1 unspecified atom stereocenters. The van der Waals surface area contributed by atoms with Gasteiger partial charge in [-0.15, -0.1) is 0 Å². The zero-order chi connectivity index (χ0) is 14.2. The highest BCUT2D eigenvalue weighted by molar-refractivity contribution is 5.43. The number of para-hydroxylation sites is 1. The lowest BCUT2D eigenvalue weighted by atomic mass is 10.1. The number of hydrogen-bond donors (Lipinski definition) is 1. The largest absolute Gasteiger partial charge is 0.491 e. The lowest BCUT2D eigenvalue weighted by Gasteiger charge is -2.12. The van der Waals surface area contributed by atoms with Crippen LogP contribution in [0.25, 0.3) is 5.65 Å². The summed E-state index contributed by atoms with van der Waals surface area (Å²) in [4.78, 5) is 4.59. The number of aryl methyl sites for hydroxylation is 1. The third kappa shape index (κ3) is 2.08. The average molecular weight is 279 g/mol. The number of benzene rings is 1. The van der Waals surface area contributed by atoms with E-state index in [2.05, 4.69) is 40.0 Å². The summed E-state index contributed by atoms with van der Waals surface area (Å²) >= 11 is 0. The molecule has 0 bridgehead atoms. The topological polar surface area (TPSA) is 38.6 Å². The van der Waals surface area contributed by atoms with Crippen LogP contribution in [0.3, 0.4) is 0 Å². The van der Waals surface area contributed by atoms with Gasteiger partial charge >= 0.3 is 0 Å². The van der Waals surface area contributed by atoms with Crippen LogP contribution in [0.2, 0.25) is 0 Å². The molecule has 1 aliphatic heterocycles. The predicted molar refractivity (Wildman–Crippen MR) is 81.4 cm³/mol. The third-order valence-electron chi connectivity index (χ3n) is 4.04. The number of imidazole rings is 1. The molecule has 1 aromatic carbocycles. The van der Waals surface area contributed by atoms with Crippen LogP contribution in [0, 0.1) is 6.92 Å². The fourth-order valence-corrected chi connectivity index (χ4v) is 2.93. The van der Waals surface area contributed by atoms with Gasteiger partial charge in [-0.3, -0.25) is 0 Å². The zero-order valence-corrected chi connectivity index (χ0v) is 11.9. The van der Waals surface area contributed by atoms with Crippen molar-refractivity contribution in [1.29, 1.82) is 0 Å². The standard InChI is InChI=1S/C17H17N3O/c1-12-15(20-9-5-4-8-17(20)19-12)10-18-14-11-21-16-7-3-2-6-13(14)16/h2-9,14,18H,10-11H2,1H3. The Bertz CT molecular complexity index is 794. The number of rotatable bonds is 3. The highest BCUT2D eigenvalue weighted by Gasteiger charge is 2.23. The molecule has 4 nitrogen and oxygen atoms in total. The van der Waals surface area contributed by atoms with Crippen LogP contribution in [0.15, 0.2) is 48.7 Å². The monoisotopic (exact) mass is 279 g/mol. The molecule has 3 aromatic rings. The maximum absolute atomic E-state index is 5.71. The van der Waals surface area contributed by atoms with Gasteiger partial charge in [-0.1, -0.05) is 24.3 Å². The van der Waals surface area contributed by atoms with E-state index < -0.39 is 0 Å². The van der Waals surface area contributed by atoms with E-state index in [1.807, 2.05) is 30.3 Å². The lowest BCUT2D eigenvalue weighted by Crippen LogP contribution is -2.23. The molecule has 1 aliphatic rings. The number of nitrogens with zero attached hydrogens (tertiary/aromatic N) is 2. The van der Waals surface area contributed by atoms with E-state index in [0.717, 1.165) is 23.6 Å². The van der Waals surface area contributed by atoms with E-state index >= 15 is 0 Å². The maximum atomic E-state index is 5.71. The maximum Gasteiger partial charge on any atom is 0.137 e. The van der Waals surface area contributed by atoms with Crippen molar-refractivity contribution in [2.24, 2.45) is 0 Å². The molecule has 3 heterocycles. The second-order valence-corrected chi connectivity index (χ2v) is 5.36. The minimum Gasteiger partial charge on any atom is -0.491 e. The fraction of sp³-hybridized carbons (Fsp3) is 0.235. The molecule has 2 aromatic heterocycles. The molecule has 4 heteroatoms. The smallest absolute Gasteiger partial charge is 0.137 e. The van der Waals surface area contributed by atoms with Crippen LogP contribution >= 0.6 is 0 Å². The molecule has 1 N–H and O–H groups in total. The molecule has 0 saturated carbocycles. The van der Waals surface area contributed by atoms with E-state index in [1.54, 1.807) is 0 Å². The van der Waals surface area contributed by atoms with E-state index in [1.165, 1.54) is 11.3 Å². The summed E-state index contributed by atoms with van der Waals surface area (Å²) in [5.74, 6) is 0.991. The first-order valence-electron chi connectivity index (χ1n) is 7.20. The predicted octanol–water partition coefficient (Wildman–Crippen LogP) is 2.87. The SMILES string of the molecule is Cc1nc2ccccn2c1CNC1COc2ccccc21. The van der Waals surface area contributed by atoms with Crippen molar-refractivity contribution in [2.75, 3.05) is 6.61 Å².